The monoisotopic (exact) mass is 601 g/mol. The normalized spacial score (nSPS) is 14.5. The second-order valence-electron chi connectivity index (χ2n) is 9.74. The summed E-state index contributed by atoms with van der Waals surface area (Å²) in [5.74, 6) is -0.384. The molecule has 0 radical (unpaired) electrons. The quantitative estimate of drug-likeness (QED) is 0.0624. The van der Waals surface area contributed by atoms with Crippen molar-refractivity contribution < 1.29 is 14.7 Å². The SMILES string of the molecule is CC1=N/C(=C/c2c[nH]c3ccccc23)C(=O)N1c1ccc(C(=O)N/N=C(\N=Nc2cccc(Cl)c2)c2ccccc2O)cc1. The number of para-hydroxylation sites is 2. The lowest BCUT2D eigenvalue weighted by Crippen LogP contribution is -2.30. The third kappa shape index (κ3) is 5.87. The fraction of sp³-hybridized carbons (Fsp3) is 0.0303. The number of hydrogen-bond acceptors (Lipinski definition) is 6. The van der Waals surface area contributed by atoms with Gasteiger partial charge < -0.3 is 10.1 Å². The molecule has 0 unspecified atom stereocenters. The first-order valence-electron chi connectivity index (χ1n) is 13.5. The number of benzene rings is 4. The lowest BCUT2D eigenvalue weighted by atomic mass is 10.1. The minimum atomic E-state index is -0.527. The molecule has 0 saturated heterocycles. The van der Waals surface area contributed by atoms with E-state index in [-0.39, 0.29) is 28.6 Å². The van der Waals surface area contributed by atoms with Gasteiger partial charge in [-0.15, -0.1) is 15.3 Å². The fourth-order valence-electron chi connectivity index (χ4n) is 4.67. The first-order chi connectivity index (χ1) is 21.4. The highest BCUT2D eigenvalue weighted by Crippen LogP contribution is 2.28. The molecule has 0 fully saturated rings. The number of phenolic OH excluding ortho intramolecular Hbond substituents is 1. The Hall–Kier alpha value is -5.87. The van der Waals surface area contributed by atoms with E-state index in [1.54, 1.807) is 79.7 Å². The number of hydrazone groups is 1. The van der Waals surface area contributed by atoms with Crippen LogP contribution in [0.25, 0.3) is 17.0 Å². The van der Waals surface area contributed by atoms with Gasteiger partial charge in [-0.25, -0.2) is 10.4 Å². The molecule has 0 aliphatic carbocycles. The molecule has 2 heterocycles. The zero-order valence-corrected chi connectivity index (χ0v) is 24.0. The number of fused-ring (bicyclic) bond motifs is 1. The van der Waals surface area contributed by atoms with Crippen LogP contribution in [-0.2, 0) is 4.79 Å². The molecule has 0 bridgehead atoms. The predicted molar refractivity (Wildman–Crippen MR) is 171 cm³/mol. The van der Waals surface area contributed by atoms with Gasteiger partial charge >= 0.3 is 0 Å². The Kier molecular flexibility index (Phi) is 7.81. The number of carbonyl (C=O) groups excluding carboxylic acids is 2. The van der Waals surface area contributed by atoms with Crippen LogP contribution in [-0.4, -0.2) is 33.6 Å². The highest BCUT2D eigenvalue weighted by molar-refractivity contribution is 6.30. The molecule has 0 atom stereocenters. The van der Waals surface area contributed by atoms with Crippen molar-refractivity contribution in [2.24, 2.45) is 20.3 Å². The molecule has 11 heteroatoms. The molecule has 216 valence electrons. The molecular weight excluding hydrogens is 578 g/mol. The Morgan fingerprint density at radius 3 is 2.57 bits per heavy atom. The second kappa shape index (κ2) is 12.2. The minimum absolute atomic E-state index is 0.0166. The summed E-state index contributed by atoms with van der Waals surface area (Å²) >= 11 is 6.04. The number of aliphatic imine (C=N–C) groups is 1. The number of azo groups is 1. The van der Waals surface area contributed by atoms with E-state index >= 15 is 0 Å². The number of amides is 2. The van der Waals surface area contributed by atoms with Crippen molar-refractivity contribution in [3.63, 3.8) is 0 Å². The molecule has 4 aromatic carbocycles. The van der Waals surface area contributed by atoms with Gasteiger partial charge in [0.1, 0.15) is 17.3 Å². The summed E-state index contributed by atoms with van der Waals surface area (Å²) in [7, 11) is 0. The largest absolute Gasteiger partial charge is 0.507 e. The fourth-order valence-corrected chi connectivity index (χ4v) is 4.85. The van der Waals surface area contributed by atoms with Gasteiger partial charge in [-0.1, -0.05) is 48.0 Å². The van der Waals surface area contributed by atoms with Gasteiger partial charge in [0, 0.05) is 33.2 Å². The number of H-pyrrole nitrogens is 1. The van der Waals surface area contributed by atoms with Crippen LogP contribution < -0.4 is 10.3 Å². The summed E-state index contributed by atoms with van der Waals surface area (Å²) in [5.41, 5.74) is 6.20. The van der Waals surface area contributed by atoms with Crippen LogP contribution >= 0.6 is 11.6 Å². The van der Waals surface area contributed by atoms with Crippen molar-refractivity contribution in [3.05, 3.63) is 131 Å². The van der Waals surface area contributed by atoms with Crippen LogP contribution in [0.5, 0.6) is 5.75 Å². The van der Waals surface area contributed by atoms with Crippen molar-refractivity contribution in [3.8, 4) is 5.75 Å². The maximum Gasteiger partial charge on any atom is 0.282 e. The van der Waals surface area contributed by atoms with E-state index < -0.39 is 5.91 Å². The first-order valence-corrected chi connectivity index (χ1v) is 13.9. The van der Waals surface area contributed by atoms with E-state index in [1.807, 2.05) is 30.5 Å². The average Bonchev–Trinajstić information content (AvgIpc) is 3.57. The highest BCUT2D eigenvalue weighted by Gasteiger charge is 2.29. The number of aromatic hydroxyl groups is 1. The highest BCUT2D eigenvalue weighted by atomic mass is 35.5. The topological polar surface area (TPSA) is 135 Å². The van der Waals surface area contributed by atoms with Gasteiger partial charge in [-0.2, -0.15) is 0 Å². The molecule has 1 aliphatic heterocycles. The molecule has 44 heavy (non-hydrogen) atoms. The average molecular weight is 602 g/mol. The zero-order chi connectivity index (χ0) is 30.6. The molecular formula is C33H24ClN7O3. The summed E-state index contributed by atoms with van der Waals surface area (Å²) in [6.07, 6.45) is 3.61. The first kappa shape index (κ1) is 28.3. The molecule has 0 spiro atoms. The third-order valence-electron chi connectivity index (χ3n) is 6.81. The lowest BCUT2D eigenvalue weighted by Gasteiger charge is -2.16. The number of rotatable bonds is 6. The van der Waals surface area contributed by atoms with Crippen LogP contribution in [0.4, 0.5) is 11.4 Å². The smallest absolute Gasteiger partial charge is 0.282 e. The molecule has 10 nitrogen and oxygen atoms in total. The van der Waals surface area contributed by atoms with Crippen LogP contribution in [0.2, 0.25) is 5.02 Å². The number of aromatic amines is 1. The van der Waals surface area contributed by atoms with E-state index in [9.17, 15) is 14.7 Å². The maximum absolute atomic E-state index is 13.3. The van der Waals surface area contributed by atoms with E-state index in [0.717, 1.165) is 16.5 Å². The summed E-state index contributed by atoms with van der Waals surface area (Å²) in [6, 6.07) is 27.5. The van der Waals surface area contributed by atoms with Gasteiger partial charge in [0.2, 0.25) is 5.84 Å². The number of nitrogens with one attached hydrogen (secondary N) is 2. The summed E-state index contributed by atoms with van der Waals surface area (Å²) in [6.45, 7) is 1.75. The summed E-state index contributed by atoms with van der Waals surface area (Å²) < 4.78 is 0. The second-order valence-corrected chi connectivity index (χ2v) is 10.2. The number of hydrogen-bond donors (Lipinski definition) is 3. The number of nitrogens with zero attached hydrogens (tertiary/aromatic N) is 5. The van der Waals surface area contributed by atoms with Gasteiger partial charge in [-0.05, 0) is 73.7 Å². The van der Waals surface area contributed by atoms with Gasteiger partial charge in [0.05, 0.1) is 16.9 Å². The lowest BCUT2D eigenvalue weighted by molar-refractivity contribution is -0.113. The molecule has 1 aromatic heterocycles. The Labute approximate surface area is 256 Å². The van der Waals surface area contributed by atoms with Crippen LogP contribution in [0.15, 0.2) is 129 Å². The molecule has 5 aromatic rings. The van der Waals surface area contributed by atoms with Crippen molar-refractivity contribution in [2.45, 2.75) is 6.92 Å². The van der Waals surface area contributed by atoms with Crippen LogP contribution in [0, 0.1) is 0 Å². The number of halogens is 1. The van der Waals surface area contributed by atoms with Crippen LogP contribution in [0.3, 0.4) is 0 Å². The van der Waals surface area contributed by atoms with Gasteiger partial charge in [0.15, 0.2) is 0 Å². The molecule has 0 saturated carbocycles. The maximum atomic E-state index is 13.3. The van der Waals surface area contributed by atoms with Crippen molar-refractivity contribution in [1.82, 2.24) is 10.4 Å². The number of phenols is 1. The Bertz CT molecular complexity index is 2030. The van der Waals surface area contributed by atoms with Crippen molar-refractivity contribution in [1.29, 1.82) is 0 Å². The Morgan fingerprint density at radius 2 is 1.77 bits per heavy atom. The number of amidine groups is 2. The Balaban J connectivity index is 1.20. The van der Waals surface area contributed by atoms with Gasteiger partial charge in [-0.3, -0.25) is 14.5 Å². The van der Waals surface area contributed by atoms with E-state index in [4.69, 9.17) is 11.6 Å². The number of aromatic nitrogens is 1. The minimum Gasteiger partial charge on any atom is -0.507 e. The molecule has 2 amide bonds. The zero-order valence-electron chi connectivity index (χ0n) is 23.3. The molecule has 1 aliphatic rings. The molecule has 3 N–H and O–H groups in total. The van der Waals surface area contributed by atoms with E-state index in [1.165, 1.54) is 11.0 Å². The van der Waals surface area contributed by atoms with Gasteiger partial charge in [0.25, 0.3) is 11.8 Å². The Morgan fingerprint density at radius 1 is 1.00 bits per heavy atom. The van der Waals surface area contributed by atoms with Crippen LogP contribution in [0.1, 0.15) is 28.4 Å². The number of carbonyl (C=O) groups is 2. The van der Waals surface area contributed by atoms with E-state index in [2.05, 4.69) is 30.7 Å². The molecule has 6 rings (SSSR count). The van der Waals surface area contributed by atoms with Crippen molar-refractivity contribution in [2.75, 3.05) is 4.90 Å². The summed E-state index contributed by atoms with van der Waals surface area (Å²) in [4.78, 5) is 35.5. The standard InChI is InChI=1S/C33H24ClN7O3/c1-20-36-29(17-22-19-35-28-11-4-2-9-26(22)28)33(44)41(20)25-15-13-21(14-16-25)32(43)40-39-31(27-10-3-5-12-30(27)42)38-37-24-8-6-7-23(34)18-24/h2-19,35,42H,1H3,(H,40,43)/b29-17+,38-37?,39-31-. The third-order valence-corrected chi connectivity index (χ3v) is 7.04. The number of anilines is 1. The van der Waals surface area contributed by atoms with E-state index in [0.29, 0.717) is 27.9 Å². The van der Waals surface area contributed by atoms with Crippen molar-refractivity contribution >= 4 is 63.4 Å². The summed E-state index contributed by atoms with van der Waals surface area (Å²) in [5, 5.41) is 24.2. The predicted octanol–water partition coefficient (Wildman–Crippen LogP) is 7.21.